The van der Waals surface area contributed by atoms with E-state index in [1.807, 2.05) is 0 Å². The molecule has 1 aliphatic rings. The lowest BCUT2D eigenvalue weighted by Gasteiger charge is -2.26. The minimum Gasteiger partial charge on any atom is -0.478 e. The fourth-order valence-corrected chi connectivity index (χ4v) is 1.02. The van der Waals surface area contributed by atoms with Crippen molar-refractivity contribution in [1.29, 1.82) is 0 Å². The fraction of sp³-hybridized carbons (Fsp3) is 0.333. The van der Waals surface area contributed by atoms with E-state index in [9.17, 15) is 4.79 Å². The molecule has 0 amide bonds. The topological polar surface area (TPSA) is 71.4 Å². The van der Waals surface area contributed by atoms with Crippen molar-refractivity contribution in [3.63, 3.8) is 0 Å². The Kier molecular flexibility index (Phi) is 4.02. The number of ether oxygens (including phenoxy) is 1. The number of carbonyl (C=O) groups is 1. The molecule has 0 aromatic rings. The summed E-state index contributed by atoms with van der Waals surface area (Å²) in [5.41, 5.74) is 0.618. The Labute approximate surface area is 87.1 Å². The van der Waals surface area contributed by atoms with Crippen LogP contribution in [0.3, 0.4) is 0 Å². The molecule has 0 saturated carbocycles. The first-order chi connectivity index (χ1) is 7.17. The molecule has 15 heavy (non-hydrogen) atoms. The van der Waals surface area contributed by atoms with Gasteiger partial charge in [-0.3, -0.25) is 4.84 Å². The number of allylic oxidation sites excluding steroid dienone is 2. The van der Waals surface area contributed by atoms with E-state index in [1.165, 1.54) is 31.6 Å². The third-order valence-corrected chi connectivity index (χ3v) is 1.69. The first kappa shape index (κ1) is 11.4. The number of hydrogen-bond donors (Lipinski definition) is 1. The smallest absolute Gasteiger partial charge is 0.328 e. The number of aliphatic carboxylic acids is 1. The predicted molar refractivity (Wildman–Crippen MR) is 53.0 cm³/mol. The van der Waals surface area contributed by atoms with E-state index in [-0.39, 0.29) is 0 Å². The summed E-state index contributed by atoms with van der Waals surface area (Å²) in [5, 5.41) is 9.81. The Morgan fingerprint density at radius 3 is 2.93 bits per heavy atom. The Bertz CT molecular complexity index is 322. The summed E-state index contributed by atoms with van der Waals surface area (Å²) in [6.45, 7) is 0. The van der Waals surface area contributed by atoms with Gasteiger partial charge in [-0.15, -0.1) is 0 Å². The predicted octanol–water partition coefficient (Wildman–Crippen LogP) is 0.389. The Balaban J connectivity index is 2.73. The second kappa shape index (κ2) is 5.28. The van der Waals surface area contributed by atoms with Crippen molar-refractivity contribution in [1.82, 2.24) is 5.06 Å². The molecule has 0 saturated heterocycles. The maximum Gasteiger partial charge on any atom is 0.328 e. The summed E-state index contributed by atoms with van der Waals surface area (Å²) in [5.74, 6) is -1.01. The summed E-state index contributed by atoms with van der Waals surface area (Å²) in [6, 6.07) is 0. The quantitative estimate of drug-likeness (QED) is 0.682. The second-order valence-corrected chi connectivity index (χ2v) is 2.68. The minimum atomic E-state index is -1.01. The molecule has 1 N–H and O–H groups in total. The van der Waals surface area contributed by atoms with Gasteiger partial charge in [-0.25, -0.2) is 14.9 Å². The molecule has 0 aromatic heterocycles. The number of hydroxylamine groups is 2. The van der Waals surface area contributed by atoms with E-state index in [2.05, 4.69) is 4.99 Å². The monoisotopic (exact) mass is 212 g/mol. The van der Waals surface area contributed by atoms with E-state index in [1.54, 1.807) is 6.20 Å². The molecule has 0 bridgehead atoms. The van der Waals surface area contributed by atoms with Crippen molar-refractivity contribution < 1.29 is 19.5 Å². The molecule has 6 heteroatoms. The summed E-state index contributed by atoms with van der Waals surface area (Å²) < 4.78 is 4.99. The highest BCUT2D eigenvalue weighted by atomic mass is 16.7. The zero-order chi connectivity index (χ0) is 11.3. The molecular formula is C9H12N2O4. The van der Waals surface area contributed by atoms with Crippen LogP contribution in [0.15, 0.2) is 28.9 Å². The molecule has 0 fully saturated rings. The maximum atomic E-state index is 10.3. The highest BCUT2D eigenvalue weighted by Gasteiger charge is 2.16. The summed E-state index contributed by atoms with van der Waals surface area (Å²) in [7, 11) is 2.97. The molecule has 1 rings (SSSR count). The average molecular weight is 212 g/mol. The van der Waals surface area contributed by atoms with Crippen molar-refractivity contribution >= 4 is 12.2 Å². The van der Waals surface area contributed by atoms with Gasteiger partial charge in [0.15, 0.2) is 0 Å². The Hall–Kier alpha value is -1.66. The molecule has 6 nitrogen and oxygen atoms in total. The molecule has 0 aromatic carbocycles. The molecule has 1 heterocycles. The van der Waals surface area contributed by atoms with Gasteiger partial charge in [-0.05, 0) is 6.08 Å². The SMILES string of the molecule is COC1N=CC(C=CC(=O)O)=CN1OC. The number of methoxy groups -OCH3 is 1. The molecule has 82 valence electrons. The molecule has 0 aliphatic carbocycles. The van der Waals surface area contributed by atoms with Crippen molar-refractivity contribution in [2.75, 3.05) is 14.2 Å². The molecule has 0 radical (unpaired) electrons. The van der Waals surface area contributed by atoms with E-state index >= 15 is 0 Å². The highest BCUT2D eigenvalue weighted by Crippen LogP contribution is 2.11. The summed E-state index contributed by atoms with van der Waals surface area (Å²) in [6.07, 6.45) is 5.03. The van der Waals surface area contributed by atoms with Gasteiger partial charge in [0.25, 0.3) is 0 Å². The van der Waals surface area contributed by atoms with Crippen LogP contribution in [-0.4, -0.2) is 42.9 Å². The zero-order valence-electron chi connectivity index (χ0n) is 8.45. The van der Waals surface area contributed by atoms with Crippen LogP contribution in [0.2, 0.25) is 0 Å². The third-order valence-electron chi connectivity index (χ3n) is 1.69. The highest BCUT2D eigenvalue weighted by molar-refractivity contribution is 5.87. The van der Waals surface area contributed by atoms with Gasteiger partial charge in [0.1, 0.15) is 0 Å². The van der Waals surface area contributed by atoms with E-state index in [0.717, 1.165) is 6.08 Å². The van der Waals surface area contributed by atoms with Gasteiger partial charge < -0.3 is 9.84 Å². The van der Waals surface area contributed by atoms with Crippen LogP contribution in [0, 0.1) is 0 Å². The standard InChI is InChI=1S/C9H12N2O4/c1-14-9-10-5-7(3-4-8(12)13)6-11(9)15-2/h3-6,9H,1-2H3,(H,12,13). The van der Waals surface area contributed by atoms with Crippen LogP contribution in [-0.2, 0) is 14.4 Å². The third kappa shape index (κ3) is 3.19. The van der Waals surface area contributed by atoms with E-state index in [0.29, 0.717) is 5.57 Å². The largest absolute Gasteiger partial charge is 0.478 e. The van der Waals surface area contributed by atoms with Gasteiger partial charge in [-0.1, -0.05) is 0 Å². The number of nitrogens with zero attached hydrogens (tertiary/aromatic N) is 2. The van der Waals surface area contributed by atoms with Crippen molar-refractivity contribution in [3.8, 4) is 0 Å². The van der Waals surface area contributed by atoms with Crippen molar-refractivity contribution in [2.24, 2.45) is 4.99 Å². The summed E-state index contributed by atoms with van der Waals surface area (Å²) in [4.78, 5) is 19.3. The first-order valence-electron chi connectivity index (χ1n) is 4.18. The molecule has 1 unspecified atom stereocenters. The lowest BCUT2D eigenvalue weighted by Crippen LogP contribution is -2.32. The van der Waals surface area contributed by atoms with Crippen LogP contribution >= 0.6 is 0 Å². The molecular weight excluding hydrogens is 200 g/mol. The van der Waals surface area contributed by atoms with Crippen LogP contribution in [0.25, 0.3) is 0 Å². The zero-order valence-corrected chi connectivity index (χ0v) is 8.45. The number of carboxylic acids is 1. The molecule has 1 atom stereocenters. The van der Waals surface area contributed by atoms with Gasteiger partial charge >= 0.3 is 5.97 Å². The van der Waals surface area contributed by atoms with Crippen molar-refractivity contribution in [3.05, 3.63) is 23.9 Å². The molecule has 0 spiro atoms. The van der Waals surface area contributed by atoms with Crippen LogP contribution in [0.5, 0.6) is 0 Å². The van der Waals surface area contributed by atoms with E-state index in [4.69, 9.17) is 14.7 Å². The fourth-order valence-electron chi connectivity index (χ4n) is 1.02. The molecule has 1 aliphatic heterocycles. The van der Waals surface area contributed by atoms with Crippen LogP contribution < -0.4 is 0 Å². The average Bonchev–Trinajstić information content (AvgIpc) is 2.25. The number of hydrogen-bond acceptors (Lipinski definition) is 5. The Morgan fingerprint density at radius 2 is 2.40 bits per heavy atom. The van der Waals surface area contributed by atoms with Crippen LogP contribution in [0.1, 0.15) is 0 Å². The number of rotatable bonds is 4. The Morgan fingerprint density at radius 1 is 1.67 bits per heavy atom. The maximum absolute atomic E-state index is 10.3. The van der Waals surface area contributed by atoms with E-state index < -0.39 is 12.3 Å². The second-order valence-electron chi connectivity index (χ2n) is 2.68. The van der Waals surface area contributed by atoms with Gasteiger partial charge in [0.05, 0.1) is 7.11 Å². The van der Waals surface area contributed by atoms with Crippen LogP contribution in [0.4, 0.5) is 0 Å². The lowest BCUT2D eigenvalue weighted by atomic mass is 10.2. The lowest BCUT2D eigenvalue weighted by molar-refractivity contribution is -0.193. The van der Waals surface area contributed by atoms with Gasteiger partial charge in [0, 0.05) is 31.2 Å². The normalized spacial score (nSPS) is 20.8. The van der Waals surface area contributed by atoms with Gasteiger partial charge in [0.2, 0.25) is 6.35 Å². The summed E-state index contributed by atoms with van der Waals surface area (Å²) >= 11 is 0. The number of carboxylic acid groups (broad SMARTS) is 1. The first-order valence-corrected chi connectivity index (χ1v) is 4.18. The van der Waals surface area contributed by atoms with Gasteiger partial charge in [-0.2, -0.15) is 0 Å². The minimum absolute atomic E-state index is 0.531. The van der Waals surface area contributed by atoms with Crippen molar-refractivity contribution in [2.45, 2.75) is 6.35 Å². The number of aliphatic imine (C=N–C) groups is 1.